The predicted molar refractivity (Wildman–Crippen MR) is 119 cm³/mol. The van der Waals surface area contributed by atoms with Crippen LogP contribution in [0.2, 0.25) is 0 Å². The van der Waals surface area contributed by atoms with Gasteiger partial charge in [-0.1, -0.05) is 30.8 Å². The fraction of sp³-hybridized carbons (Fsp3) is 0.364. The van der Waals surface area contributed by atoms with Crippen molar-refractivity contribution >= 4 is 41.0 Å². The zero-order valence-corrected chi connectivity index (χ0v) is 17.9. The number of rotatable bonds is 12. The Balaban J connectivity index is 2.02. The normalized spacial score (nSPS) is 10.6. The number of nitrogen functional groups attached to an aromatic ring is 1. The largest absolute Gasteiger partial charge is 0.491 e. The lowest BCUT2D eigenvalue weighted by Gasteiger charge is -2.15. The first-order valence-electron chi connectivity index (χ1n) is 9.67. The van der Waals surface area contributed by atoms with Crippen LogP contribution in [0.3, 0.4) is 0 Å². The summed E-state index contributed by atoms with van der Waals surface area (Å²) in [6, 6.07) is 8.80. The van der Waals surface area contributed by atoms with E-state index in [2.05, 4.69) is 19.2 Å². The first-order chi connectivity index (χ1) is 14.5. The molecule has 30 heavy (non-hydrogen) atoms. The van der Waals surface area contributed by atoms with E-state index in [0.717, 1.165) is 0 Å². The van der Waals surface area contributed by atoms with Gasteiger partial charge >= 0.3 is 11.9 Å². The highest BCUT2D eigenvalue weighted by Gasteiger charge is 2.18. The summed E-state index contributed by atoms with van der Waals surface area (Å²) in [5.41, 5.74) is 7.15. The van der Waals surface area contributed by atoms with E-state index in [0.29, 0.717) is 71.6 Å². The molecule has 2 N–H and O–H groups in total. The van der Waals surface area contributed by atoms with Gasteiger partial charge in [-0.15, -0.1) is 0 Å². The van der Waals surface area contributed by atoms with Crippen LogP contribution in [0.15, 0.2) is 42.5 Å². The molecule has 0 saturated carbocycles. The molecule has 0 radical (unpaired) electrons. The minimum atomic E-state index is -0.622. The van der Waals surface area contributed by atoms with Gasteiger partial charge in [-0.2, -0.15) is 17.5 Å². The molecule has 0 spiro atoms. The van der Waals surface area contributed by atoms with Crippen LogP contribution in [0.25, 0.3) is 10.8 Å². The first kappa shape index (κ1) is 23.6. The van der Waals surface area contributed by atoms with Crippen molar-refractivity contribution in [3.63, 3.8) is 0 Å². The van der Waals surface area contributed by atoms with Gasteiger partial charge in [0.1, 0.15) is 5.75 Å². The molecule has 7 nitrogen and oxygen atoms in total. The van der Waals surface area contributed by atoms with Gasteiger partial charge < -0.3 is 15.2 Å². The second-order valence-corrected chi connectivity index (χ2v) is 7.08. The lowest BCUT2D eigenvalue weighted by Crippen LogP contribution is -2.10. The molecular weight excluding hydrogens is 406 g/mol. The van der Waals surface area contributed by atoms with E-state index in [1.54, 1.807) is 13.0 Å². The summed E-state index contributed by atoms with van der Waals surface area (Å²) in [5.74, 6) is 0.110. The van der Waals surface area contributed by atoms with Crippen molar-refractivity contribution in [2.45, 2.75) is 26.2 Å². The van der Waals surface area contributed by atoms with Crippen molar-refractivity contribution in [3.05, 3.63) is 48.0 Å². The van der Waals surface area contributed by atoms with Crippen molar-refractivity contribution < 1.29 is 28.8 Å². The number of hydrogen-bond acceptors (Lipinski definition) is 8. The molecule has 2 aromatic carbocycles. The molecule has 162 valence electrons. The number of nitrogens with two attached hydrogens (primary N) is 1. The van der Waals surface area contributed by atoms with E-state index in [1.165, 1.54) is 6.07 Å². The molecule has 0 fully saturated rings. The lowest BCUT2D eigenvalue weighted by molar-refractivity contribution is -0.240. The Kier molecular flexibility index (Phi) is 9.50. The number of carbonyl (C=O) groups excluding carboxylic acids is 2. The second-order valence-electron chi connectivity index (χ2n) is 6.63. The van der Waals surface area contributed by atoms with Gasteiger partial charge in [0.05, 0.1) is 31.1 Å². The molecular formula is C22H27NO6S. The summed E-state index contributed by atoms with van der Waals surface area (Å²) in [7, 11) is 0. The smallest absolute Gasteiger partial charge is 0.373 e. The van der Waals surface area contributed by atoms with Gasteiger partial charge in [0.2, 0.25) is 0 Å². The van der Waals surface area contributed by atoms with E-state index >= 15 is 0 Å². The van der Waals surface area contributed by atoms with Gasteiger partial charge in [0.25, 0.3) is 0 Å². The van der Waals surface area contributed by atoms with Gasteiger partial charge in [-0.05, 0) is 38.0 Å². The maximum absolute atomic E-state index is 12.4. The van der Waals surface area contributed by atoms with Crippen molar-refractivity contribution in [2.24, 2.45) is 0 Å². The molecule has 0 aliphatic rings. The van der Waals surface area contributed by atoms with Crippen LogP contribution in [0, 0.1) is 0 Å². The molecule has 0 bridgehead atoms. The van der Waals surface area contributed by atoms with E-state index < -0.39 is 11.9 Å². The first-order valence-corrected chi connectivity index (χ1v) is 10.3. The van der Waals surface area contributed by atoms with Crippen molar-refractivity contribution in [2.75, 3.05) is 31.3 Å². The fourth-order valence-corrected chi connectivity index (χ4v) is 2.76. The summed E-state index contributed by atoms with van der Waals surface area (Å²) in [4.78, 5) is 33.6. The number of hydrogen-bond donors (Lipinski definition) is 2. The van der Waals surface area contributed by atoms with Crippen LogP contribution >= 0.6 is 12.6 Å². The molecule has 0 amide bonds. The molecule has 2 rings (SSSR count). The monoisotopic (exact) mass is 433 g/mol. The predicted octanol–water partition coefficient (Wildman–Crippen LogP) is 4.11. The molecule has 0 aromatic heterocycles. The van der Waals surface area contributed by atoms with E-state index in [9.17, 15) is 9.59 Å². The highest BCUT2D eigenvalue weighted by Crippen LogP contribution is 2.35. The molecule has 0 saturated heterocycles. The Hall–Kier alpha value is -2.71. The van der Waals surface area contributed by atoms with Crippen LogP contribution in [-0.4, -0.2) is 37.5 Å². The minimum absolute atomic E-state index is 0.269. The van der Waals surface area contributed by atoms with Crippen LogP contribution < -0.4 is 10.5 Å². The second kappa shape index (κ2) is 12.1. The third-order valence-electron chi connectivity index (χ3n) is 4.13. The van der Waals surface area contributed by atoms with Crippen molar-refractivity contribution in [3.8, 4) is 5.75 Å². The minimum Gasteiger partial charge on any atom is -0.491 e. The number of benzene rings is 2. The Bertz CT molecular complexity index is 899. The van der Waals surface area contributed by atoms with E-state index in [1.807, 2.05) is 18.2 Å². The average Bonchev–Trinajstić information content (AvgIpc) is 2.74. The Morgan fingerprint density at radius 2 is 1.77 bits per heavy atom. The molecule has 0 atom stereocenters. The molecule has 0 aliphatic heterocycles. The summed E-state index contributed by atoms with van der Waals surface area (Å²) in [6.07, 6.45) is 1.98. The highest BCUT2D eigenvalue weighted by atomic mass is 32.1. The number of unbranched alkanes of at least 4 members (excludes halogenated alkanes) is 1. The molecule has 0 heterocycles. The quantitative estimate of drug-likeness (QED) is 0.0989. The lowest BCUT2D eigenvalue weighted by atomic mass is 10.0. The molecule has 8 heteroatoms. The highest BCUT2D eigenvalue weighted by molar-refractivity contribution is 7.80. The van der Waals surface area contributed by atoms with Crippen LogP contribution in [-0.2, 0) is 19.3 Å². The standard InChI is InChI=1S/C22H27NO6S/c1-15(2)21(24)27-11-6-5-10-26-20-17-9-4-3-8-16(17)18(14-19(20)23)22(25)29-28-12-7-13-30/h3-4,8-9,14,30H,1,5-7,10-13,23H2,2H3. The summed E-state index contributed by atoms with van der Waals surface area (Å²) < 4.78 is 10.9. The third kappa shape index (κ3) is 6.67. The van der Waals surface area contributed by atoms with Crippen molar-refractivity contribution in [1.29, 1.82) is 0 Å². The maximum atomic E-state index is 12.4. The SMILES string of the molecule is C=C(C)C(=O)OCCCCOc1c(N)cc(C(=O)OOCCCS)c2ccccc12. The fourth-order valence-electron chi connectivity index (χ4n) is 2.63. The number of esters is 1. The van der Waals surface area contributed by atoms with Crippen LogP contribution in [0.4, 0.5) is 5.69 Å². The van der Waals surface area contributed by atoms with Crippen LogP contribution in [0.5, 0.6) is 5.75 Å². The Labute approximate surface area is 181 Å². The molecule has 2 aromatic rings. The van der Waals surface area contributed by atoms with Gasteiger partial charge in [-0.3, -0.25) is 4.89 Å². The van der Waals surface area contributed by atoms with Gasteiger partial charge in [0.15, 0.2) is 0 Å². The molecule has 0 unspecified atom stereocenters. The number of ether oxygens (including phenoxy) is 2. The Morgan fingerprint density at radius 3 is 2.47 bits per heavy atom. The van der Waals surface area contributed by atoms with Gasteiger partial charge in [0, 0.05) is 16.3 Å². The third-order valence-corrected chi connectivity index (χ3v) is 4.45. The maximum Gasteiger partial charge on any atom is 0.373 e. The van der Waals surface area contributed by atoms with Crippen LogP contribution in [0.1, 0.15) is 36.5 Å². The summed E-state index contributed by atoms with van der Waals surface area (Å²) >= 11 is 4.08. The zero-order valence-electron chi connectivity index (χ0n) is 17.0. The number of fused-ring (bicyclic) bond motifs is 1. The summed E-state index contributed by atoms with van der Waals surface area (Å²) in [5, 5.41) is 1.36. The zero-order chi connectivity index (χ0) is 21.9. The molecule has 0 aliphatic carbocycles. The van der Waals surface area contributed by atoms with Gasteiger partial charge in [-0.25, -0.2) is 9.59 Å². The number of anilines is 1. The topological polar surface area (TPSA) is 97.1 Å². The average molecular weight is 434 g/mol. The Morgan fingerprint density at radius 1 is 1.07 bits per heavy atom. The summed E-state index contributed by atoms with van der Waals surface area (Å²) in [6.45, 7) is 6.09. The number of thiol groups is 1. The number of carbonyl (C=O) groups is 2. The van der Waals surface area contributed by atoms with E-state index in [4.69, 9.17) is 25.0 Å². The van der Waals surface area contributed by atoms with E-state index in [-0.39, 0.29) is 6.61 Å². The van der Waals surface area contributed by atoms with Crippen molar-refractivity contribution in [1.82, 2.24) is 0 Å².